The Morgan fingerprint density at radius 1 is 1.22 bits per heavy atom. The van der Waals surface area contributed by atoms with Crippen molar-refractivity contribution in [3.63, 3.8) is 0 Å². The highest BCUT2D eigenvalue weighted by Gasteiger charge is 2.23. The van der Waals surface area contributed by atoms with Gasteiger partial charge in [0, 0.05) is 6.07 Å². The average molecular weight is 249 g/mol. The van der Waals surface area contributed by atoms with Gasteiger partial charge in [0.05, 0.1) is 12.3 Å². The van der Waals surface area contributed by atoms with E-state index in [0.717, 1.165) is 12.2 Å². The maximum atomic E-state index is 5.96. The molecule has 1 aliphatic carbocycles. The van der Waals surface area contributed by atoms with Gasteiger partial charge < -0.3 is 9.47 Å². The maximum absolute atomic E-state index is 5.96. The lowest BCUT2D eigenvalue weighted by molar-refractivity contribution is 0.0973. The summed E-state index contributed by atoms with van der Waals surface area (Å²) in [5.41, 5.74) is 0. The van der Waals surface area contributed by atoms with E-state index in [-0.39, 0.29) is 6.10 Å². The molecule has 1 fully saturated rings. The lowest BCUT2D eigenvalue weighted by Crippen LogP contribution is -2.28. The van der Waals surface area contributed by atoms with E-state index in [1.54, 1.807) is 6.20 Å². The summed E-state index contributed by atoms with van der Waals surface area (Å²) in [6.45, 7) is 6.28. The van der Waals surface area contributed by atoms with E-state index in [4.69, 9.17) is 9.47 Å². The van der Waals surface area contributed by atoms with Crippen molar-refractivity contribution in [1.82, 2.24) is 4.98 Å². The summed E-state index contributed by atoms with van der Waals surface area (Å²) in [4.78, 5) is 4.31. The topological polar surface area (TPSA) is 31.4 Å². The minimum absolute atomic E-state index is 0.178. The predicted molar refractivity (Wildman–Crippen MR) is 72.0 cm³/mol. The van der Waals surface area contributed by atoms with Crippen LogP contribution in [-0.4, -0.2) is 17.2 Å². The average Bonchev–Trinajstić information content (AvgIpc) is 2.34. The highest BCUT2D eigenvalue weighted by molar-refractivity contribution is 5.23. The van der Waals surface area contributed by atoms with E-state index < -0.39 is 0 Å². The minimum Gasteiger partial charge on any atom is -0.489 e. The summed E-state index contributed by atoms with van der Waals surface area (Å²) in [6.07, 6.45) is 7.24. The van der Waals surface area contributed by atoms with Crippen molar-refractivity contribution in [3.05, 3.63) is 18.3 Å². The van der Waals surface area contributed by atoms with Crippen LogP contribution in [-0.2, 0) is 0 Å². The van der Waals surface area contributed by atoms with Gasteiger partial charge in [0.15, 0.2) is 0 Å². The molecule has 100 valence electrons. The molecule has 1 saturated carbocycles. The molecule has 0 aromatic carbocycles. The molecule has 1 aliphatic rings. The molecule has 1 heterocycles. The molecule has 0 bridgehead atoms. The molecule has 0 saturated heterocycles. The standard InChI is InChI=1S/C15H23NO2/c1-11(2)17-13-8-9-15(16-10-13)18-14-7-5-4-6-12(14)3/h8-12,14H,4-7H2,1-3H3/t12-,14+/m1/s1. The largest absolute Gasteiger partial charge is 0.489 e. The molecule has 0 radical (unpaired) electrons. The van der Waals surface area contributed by atoms with E-state index in [1.165, 1.54) is 19.3 Å². The Labute approximate surface area is 110 Å². The van der Waals surface area contributed by atoms with Gasteiger partial charge in [-0.1, -0.05) is 13.3 Å². The van der Waals surface area contributed by atoms with Gasteiger partial charge in [-0.25, -0.2) is 4.98 Å². The van der Waals surface area contributed by atoms with Crippen LogP contribution in [0.15, 0.2) is 18.3 Å². The van der Waals surface area contributed by atoms with E-state index in [0.29, 0.717) is 17.9 Å². The fraction of sp³-hybridized carbons (Fsp3) is 0.667. The van der Waals surface area contributed by atoms with E-state index in [2.05, 4.69) is 11.9 Å². The van der Waals surface area contributed by atoms with Crippen molar-refractivity contribution in [2.24, 2.45) is 5.92 Å². The molecule has 0 unspecified atom stereocenters. The van der Waals surface area contributed by atoms with Crippen LogP contribution in [0.2, 0.25) is 0 Å². The third-order valence-electron chi connectivity index (χ3n) is 3.39. The Hall–Kier alpha value is -1.25. The van der Waals surface area contributed by atoms with Crippen LogP contribution >= 0.6 is 0 Å². The molecular weight excluding hydrogens is 226 g/mol. The SMILES string of the molecule is CC(C)Oc1ccc(O[C@H]2CCCC[C@H]2C)nc1. The van der Waals surface area contributed by atoms with Gasteiger partial charge in [-0.15, -0.1) is 0 Å². The van der Waals surface area contributed by atoms with E-state index >= 15 is 0 Å². The van der Waals surface area contributed by atoms with Crippen LogP contribution < -0.4 is 9.47 Å². The highest BCUT2D eigenvalue weighted by atomic mass is 16.5. The van der Waals surface area contributed by atoms with Gasteiger partial charge in [-0.05, 0) is 45.1 Å². The first kappa shape index (κ1) is 13.2. The molecule has 2 atom stereocenters. The zero-order valence-electron chi connectivity index (χ0n) is 11.6. The number of hydrogen-bond donors (Lipinski definition) is 0. The van der Waals surface area contributed by atoms with Crippen LogP contribution in [0.4, 0.5) is 0 Å². The number of hydrogen-bond acceptors (Lipinski definition) is 3. The van der Waals surface area contributed by atoms with Gasteiger partial charge in [-0.3, -0.25) is 0 Å². The lowest BCUT2D eigenvalue weighted by atomic mass is 9.88. The molecule has 1 aromatic heterocycles. The van der Waals surface area contributed by atoms with Crippen molar-refractivity contribution in [2.45, 2.75) is 58.7 Å². The van der Waals surface area contributed by atoms with Crippen molar-refractivity contribution in [2.75, 3.05) is 0 Å². The van der Waals surface area contributed by atoms with Crippen LogP contribution in [0.25, 0.3) is 0 Å². The van der Waals surface area contributed by atoms with E-state index in [9.17, 15) is 0 Å². The second-order valence-electron chi connectivity index (χ2n) is 5.42. The zero-order valence-corrected chi connectivity index (χ0v) is 11.6. The Morgan fingerprint density at radius 2 is 2.00 bits per heavy atom. The predicted octanol–water partition coefficient (Wildman–Crippen LogP) is 3.83. The lowest BCUT2D eigenvalue weighted by Gasteiger charge is -2.28. The first-order valence-electron chi connectivity index (χ1n) is 6.94. The number of ether oxygens (including phenoxy) is 2. The molecule has 2 rings (SSSR count). The van der Waals surface area contributed by atoms with E-state index in [1.807, 2.05) is 26.0 Å². The van der Waals surface area contributed by atoms with Gasteiger partial charge in [0.25, 0.3) is 0 Å². The number of rotatable bonds is 4. The molecule has 0 N–H and O–H groups in total. The first-order valence-corrected chi connectivity index (χ1v) is 6.94. The van der Waals surface area contributed by atoms with Crippen molar-refractivity contribution in [1.29, 1.82) is 0 Å². The Kier molecular flexibility index (Phi) is 4.45. The number of aromatic nitrogens is 1. The van der Waals surface area contributed by atoms with Gasteiger partial charge >= 0.3 is 0 Å². The van der Waals surface area contributed by atoms with Crippen molar-refractivity contribution >= 4 is 0 Å². The van der Waals surface area contributed by atoms with Crippen LogP contribution in [0.5, 0.6) is 11.6 Å². The normalized spacial score (nSPS) is 24.0. The summed E-state index contributed by atoms with van der Waals surface area (Å²) in [5, 5.41) is 0. The Bertz CT molecular complexity index is 361. The smallest absolute Gasteiger partial charge is 0.213 e. The summed E-state index contributed by atoms with van der Waals surface area (Å²) in [7, 11) is 0. The number of pyridine rings is 1. The summed E-state index contributed by atoms with van der Waals surface area (Å²) >= 11 is 0. The van der Waals surface area contributed by atoms with Crippen LogP contribution in [0, 0.1) is 5.92 Å². The third kappa shape index (κ3) is 3.62. The minimum atomic E-state index is 0.178. The van der Waals surface area contributed by atoms with Crippen LogP contribution in [0.1, 0.15) is 46.5 Å². The highest BCUT2D eigenvalue weighted by Crippen LogP contribution is 2.27. The quantitative estimate of drug-likeness (QED) is 0.812. The van der Waals surface area contributed by atoms with Crippen molar-refractivity contribution < 1.29 is 9.47 Å². The molecule has 3 nitrogen and oxygen atoms in total. The monoisotopic (exact) mass is 249 g/mol. The molecule has 3 heteroatoms. The van der Waals surface area contributed by atoms with Gasteiger partial charge in [0.2, 0.25) is 5.88 Å². The summed E-state index contributed by atoms with van der Waals surface area (Å²) < 4.78 is 11.5. The fourth-order valence-corrected chi connectivity index (χ4v) is 2.39. The number of nitrogens with zero attached hydrogens (tertiary/aromatic N) is 1. The Morgan fingerprint density at radius 3 is 2.61 bits per heavy atom. The second kappa shape index (κ2) is 6.07. The summed E-state index contributed by atoms with van der Waals surface area (Å²) in [6, 6.07) is 3.83. The third-order valence-corrected chi connectivity index (χ3v) is 3.39. The molecule has 0 amide bonds. The van der Waals surface area contributed by atoms with Gasteiger partial charge in [-0.2, -0.15) is 0 Å². The second-order valence-corrected chi connectivity index (χ2v) is 5.42. The molecule has 18 heavy (non-hydrogen) atoms. The maximum Gasteiger partial charge on any atom is 0.213 e. The molecular formula is C15H23NO2. The van der Waals surface area contributed by atoms with Crippen LogP contribution in [0.3, 0.4) is 0 Å². The van der Waals surface area contributed by atoms with Crippen molar-refractivity contribution in [3.8, 4) is 11.6 Å². The molecule has 1 aromatic rings. The Balaban J connectivity index is 1.93. The van der Waals surface area contributed by atoms with Gasteiger partial charge in [0.1, 0.15) is 11.9 Å². The molecule has 0 spiro atoms. The fourth-order valence-electron chi connectivity index (χ4n) is 2.39. The summed E-state index contributed by atoms with van der Waals surface area (Å²) in [5.74, 6) is 2.14. The molecule has 0 aliphatic heterocycles. The first-order chi connectivity index (χ1) is 8.65. The zero-order chi connectivity index (χ0) is 13.0.